The van der Waals surface area contributed by atoms with Gasteiger partial charge in [-0.3, -0.25) is 4.79 Å². The number of imide groups is 1. The molecule has 0 N–H and O–H groups in total. The standard InChI is InChI=1S/C13H15N2O2/c16-11-15(12-7-3-1-4-8-12)13(17)14-9-5-2-6-10-14/h1,3-4,7-8H,2,5-6,9-10H2. The summed E-state index contributed by atoms with van der Waals surface area (Å²) in [4.78, 5) is 25.8. The third kappa shape index (κ3) is 2.64. The Balaban J connectivity index is 2.12. The van der Waals surface area contributed by atoms with Gasteiger partial charge in [0.1, 0.15) is 0 Å². The zero-order chi connectivity index (χ0) is 12.1. The number of para-hydroxylation sites is 1. The minimum absolute atomic E-state index is 0.272. The Kier molecular flexibility index (Phi) is 3.75. The lowest BCUT2D eigenvalue weighted by atomic mass is 10.1. The van der Waals surface area contributed by atoms with Crippen LogP contribution in [0, 0.1) is 0 Å². The van der Waals surface area contributed by atoms with Crippen LogP contribution in [0.25, 0.3) is 0 Å². The molecule has 1 saturated heterocycles. The Labute approximate surface area is 101 Å². The van der Waals surface area contributed by atoms with Gasteiger partial charge in [0, 0.05) is 13.1 Å². The van der Waals surface area contributed by atoms with Crippen LogP contribution in [0.5, 0.6) is 0 Å². The van der Waals surface area contributed by atoms with Gasteiger partial charge in [-0.15, -0.1) is 0 Å². The molecule has 0 aromatic heterocycles. The number of urea groups is 1. The maximum atomic E-state index is 12.1. The van der Waals surface area contributed by atoms with Gasteiger partial charge in [-0.1, -0.05) is 18.2 Å². The summed E-state index contributed by atoms with van der Waals surface area (Å²) in [7, 11) is 0. The number of piperidine rings is 1. The predicted molar refractivity (Wildman–Crippen MR) is 65.4 cm³/mol. The second kappa shape index (κ2) is 5.48. The number of carbonyl (C=O) groups excluding carboxylic acids is 2. The number of benzene rings is 1. The van der Waals surface area contributed by atoms with E-state index >= 15 is 0 Å². The van der Waals surface area contributed by atoms with Crippen LogP contribution in [0.2, 0.25) is 0 Å². The molecule has 0 saturated carbocycles. The molecule has 3 amide bonds. The summed E-state index contributed by atoms with van der Waals surface area (Å²) in [6, 6.07) is 8.62. The molecular weight excluding hydrogens is 216 g/mol. The molecule has 4 nitrogen and oxygen atoms in total. The first-order chi connectivity index (χ1) is 8.33. The van der Waals surface area contributed by atoms with Gasteiger partial charge in [-0.05, 0) is 31.4 Å². The number of nitrogens with zero attached hydrogens (tertiary/aromatic N) is 2. The number of amides is 3. The van der Waals surface area contributed by atoms with Gasteiger partial charge in [0.15, 0.2) is 0 Å². The van der Waals surface area contributed by atoms with E-state index in [9.17, 15) is 9.59 Å². The van der Waals surface area contributed by atoms with Crippen LogP contribution in [-0.2, 0) is 4.79 Å². The van der Waals surface area contributed by atoms with Gasteiger partial charge in [0.05, 0.1) is 5.69 Å². The number of carbonyl (C=O) groups is 1. The molecule has 0 atom stereocenters. The van der Waals surface area contributed by atoms with Gasteiger partial charge in [-0.25, -0.2) is 9.69 Å². The van der Waals surface area contributed by atoms with Crippen LogP contribution >= 0.6 is 0 Å². The first kappa shape index (κ1) is 11.6. The molecule has 1 aliphatic heterocycles. The van der Waals surface area contributed by atoms with Crippen molar-refractivity contribution in [1.82, 2.24) is 4.90 Å². The quantitative estimate of drug-likeness (QED) is 0.732. The maximum Gasteiger partial charge on any atom is 0.331 e. The lowest BCUT2D eigenvalue weighted by Crippen LogP contribution is -2.45. The van der Waals surface area contributed by atoms with Crippen molar-refractivity contribution in [2.24, 2.45) is 0 Å². The summed E-state index contributed by atoms with van der Waals surface area (Å²) in [6.45, 7) is 1.45. The van der Waals surface area contributed by atoms with Crippen molar-refractivity contribution in [2.75, 3.05) is 18.0 Å². The summed E-state index contributed by atoms with van der Waals surface area (Å²) < 4.78 is 0. The van der Waals surface area contributed by atoms with E-state index in [2.05, 4.69) is 0 Å². The molecule has 1 heterocycles. The number of anilines is 1. The van der Waals surface area contributed by atoms with Crippen LogP contribution in [0.3, 0.4) is 0 Å². The highest BCUT2D eigenvalue weighted by molar-refractivity contribution is 6.06. The van der Waals surface area contributed by atoms with Crippen LogP contribution in [0.4, 0.5) is 10.5 Å². The fourth-order valence-electron chi connectivity index (χ4n) is 2.01. The minimum Gasteiger partial charge on any atom is -0.324 e. The molecule has 0 aliphatic carbocycles. The Morgan fingerprint density at radius 2 is 1.76 bits per heavy atom. The molecule has 89 valence electrons. The molecule has 1 fully saturated rings. The van der Waals surface area contributed by atoms with Crippen molar-refractivity contribution in [3.8, 4) is 0 Å². The topological polar surface area (TPSA) is 40.6 Å². The van der Waals surface area contributed by atoms with Crippen molar-refractivity contribution in [3.63, 3.8) is 0 Å². The molecule has 1 aromatic rings. The molecule has 4 heteroatoms. The number of rotatable bonds is 2. The molecule has 1 radical (unpaired) electrons. The van der Waals surface area contributed by atoms with Crippen LogP contribution in [0.1, 0.15) is 19.3 Å². The smallest absolute Gasteiger partial charge is 0.324 e. The fraction of sp³-hybridized carbons (Fsp3) is 0.385. The monoisotopic (exact) mass is 231 g/mol. The van der Waals surface area contributed by atoms with Crippen molar-refractivity contribution in [2.45, 2.75) is 19.3 Å². The molecule has 2 rings (SSSR count). The second-order valence-corrected chi connectivity index (χ2v) is 4.09. The van der Waals surface area contributed by atoms with Crippen molar-refractivity contribution >= 4 is 18.1 Å². The number of hydrogen-bond acceptors (Lipinski definition) is 2. The first-order valence-electron chi connectivity index (χ1n) is 5.85. The molecule has 1 aromatic carbocycles. The van der Waals surface area contributed by atoms with E-state index in [-0.39, 0.29) is 6.03 Å². The van der Waals surface area contributed by atoms with Gasteiger partial charge < -0.3 is 4.90 Å². The Bertz CT molecular complexity index is 386. The van der Waals surface area contributed by atoms with E-state index in [0.29, 0.717) is 5.69 Å². The van der Waals surface area contributed by atoms with E-state index in [1.54, 1.807) is 35.6 Å². The van der Waals surface area contributed by atoms with E-state index < -0.39 is 0 Å². The normalized spacial score (nSPS) is 15.4. The Morgan fingerprint density at radius 1 is 1.12 bits per heavy atom. The SMILES string of the molecule is O=[C]N(C(=O)N1CCCCC1)c1ccccc1. The lowest BCUT2D eigenvalue weighted by Gasteiger charge is -2.29. The summed E-state index contributed by atoms with van der Waals surface area (Å²) in [5.74, 6) is 0. The average molecular weight is 231 g/mol. The van der Waals surface area contributed by atoms with Gasteiger partial charge in [-0.2, -0.15) is 0 Å². The molecule has 0 unspecified atom stereocenters. The van der Waals surface area contributed by atoms with E-state index in [1.807, 2.05) is 6.07 Å². The van der Waals surface area contributed by atoms with Crippen molar-refractivity contribution < 1.29 is 9.59 Å². The Morgan fingerprint density at radius 3 is 2.35 bits per heavy atom. The Hall–Kier alpha value is -1.84. The third-order valence-electron chi connectivity index (χ3n) is 2.92. The van der Waals surface area contributed by atoms with Gasteiger partial charge in [0.25, 0.3) is 0 Å². The summed E-state index contributed by atoms with van der Waals surface area (Å²) in [5, 5.41) is 0. The van der Waals surface area contributed by atoms with Crippen molar-refractivity contribution in [3.05, 3.63) is 30.3 Å². The molecular formula is C13H15N2O2. The second-order valence-electron chi connectivity index (χ2n) is 4.09. The van der Waals surface area contributed by atoms with E-state index in [0.717, 1.165) is 37.3 Å². The highest BCUT2D eigenvalue weighted by atomic mass is 16.2. The predicted octanol–water partition coefficient (Wildman–Crippen LogP) is 2.17. The highest BCUT2D eigenvalue weighted by Crippen LogP contribution is 2.16. The highest BCUT2D eigenvalue weighted by Gasteiger charge is 2.23. The minimum atomic E-state index is -0.272. The van der Waals surface area contributed by atoms with Gasteiger partial charge in [0.2, 0.25) is 0 Å². The molecule has 1 aliphatic rings. The molecule has 0 spiro atoms. The fourth-order valence-corrected chi connectivity index (χ4v) is 2.01. The zero-order valence-corrected chi connectivity index (χ0v) is 9.63. The maximum absolute atomic E-state index is 12.1. The van der Waals surface area contributed by atoms with Crippen LogP contribution in [0.15, 0.2) is 30.3 Å². The summed E-state index contributed by atoms with van der Waals surface area (Å²) in [5.41, 5.74) is 0.568. The third-order valence-corrected chi connectivity index (χ3v) is 2.92. The first-order valence-corrected chi connectivity index (χ1v) is 5.85. The molecule has 17 heavy (non-hydrogen) atoms. The van der Waals surface area contributed by atoms with Crippen LogP contribution < -0.4 is 4.90 Å². The van der Waals surface area contributed by atoms with E-state index in [1.165, 1.54) is 0 Å². The lowest BCUT2D eigenvalue weighted by molar-refractivity contribution is 0.196. The van der Waals surface area contributed by atoms with E-state index in [4.69, 9.17) is 0 Å². The number of likely N-dealkylation sites (tertiary alicyclic amines) is 1. The summed E-state index contributed by atoms with van der Waals surface area (Å²) in [6.07, 6.45) is 4.87. The largest absolute Gasteiger partial charge is 0.331 e. The van der Waals surface area contributed by atoms with Crippen LogP contribution in [-0.4, -0.2) is 30.4 Å². The van der Waals surface area contributed by atoms with Gasteiger partial charge >= 0.3 is 12.4 Å². The average Bonchev–Trinajstić information content (AvgIpc) is 2.42. The van der Waals surface area contributed by atoms with Crippen molar-refractivity contribution in [1.29, 1.82) is 0 Å². The molecule has 0 bridgehead atoms. The number of hydrogen-bond donors (Lipinski definition) is 0. The zero-order valence-electron chi connectivity index (χ0n) is 9.63. The summed E-state index contributed by atoms with van der Waals surface area (Å²) >= 11 is 0.